The molecule has 1 aliphatic rings. The van der Waals surface area contributed by atoms with Crippen LogP contribution < -0.4 is 5.69 Å². The summed E-state index contributed by atoms with van der Waals surface area (Å²) in [6.07, 6.45) is 4.60. The summed E-state index contributed by atoms with van der Waals surface area (Å²) in [7, 11) is 0. The summed E-state index contributed by atoms with van der Waals surface area (Å²) in [6, 6.07) is 9.38. The summed E-state index contributed by atoms with van der Waals surface area (Å²) >= 11 is 0. The van der Waals surface area contributed by atoms with Gasteiger partial charge in [0.25, 0.3) is 5.89 Å². The van der Waals surface area contributed by atoms with Gasteiger partial charge in [0.15, 0.2) is 5.65 Å². The Hall–Kier alpha value is -3.82. The van der Waals surface area contributed by atoms with E-state index in [-0.39, 0.29) is 30.2 Å². The van der Waals surface area contributed by atoms with Gasteiger partial charge in [-0.05, 0) is 50.5 Å². The lowest BCUT2D eigenvalue weighted by molar-refractivity contribution is -0.135. The van der Waals surface area contributed by atoms with E-state index in [4.69, 9.17) is 4.52 Å². The van der Waals surface area contributed by atoms with Gasteiger partial charge in [-0.15, -0.1) is 5.10 Å². The predicted octanol–water partition coefficient (Wildman–Crippen LogP) is 2.75. The Balaban J connectivity index is 1.48. The van der Waals surface area contributed by atoms with Crippen molar-refractivity contribution in [3.63, 3.8) is 0 Å². The van der Waals surface area contributed by atoms with Crippen LogP contribution in [-0.4, -0.2) is 47.7 Å². The van der Waals surface area contributed by atoms with E-state index < -0.39 is 11.5 Å². The van der Waals surface area contributed by atoms with E-state index in [9.17, 15) is 14.0 Å². The second-order valence-corrected chi connectivity index (χ2v) is 7.92. The first kappa shape index (κ1) is 20.1. The van der Waals surface area contributed by atoms with Crippen molar-refractivity contribution < 1.29 is 13.7 Å². The molecule has 4 aromatic rings. The van der Waals surface area contributed by atoms with Crippen molar-refractivity contribution >= 4 is 11.6 Å². The third kappa shape index (κ3) is 3.57. The maximum atomic E-state index is 13.5. The number of hydrogen-bond acceptors (Lipinski definition) is 6. The van der Waals surface area contributed by atoms with Crippen molar-refractivity contribution in [3.05, 3.63) is 58.9 Å². The smallest absolute Gasteiger partial charge is 0.338 e. The fraction of sp³-hybridized carbons (Fsp3) is 0.318. The van der Waals surface area contributed by atoms with Gasteiger partial charge in [-0.3, -0.25) is 4.79 Å². The fourth-order valence-electron chi connectivity index (χ4n) is 4.07. The Morgan fingerprint density at radius 3 is 2.94 bits per heavy atom. The van der Waals surface area contributed by atoms with Gasteiger partial charge >= 0.3 is 5.69 Å². The van der Waals surface area contributed by atoms with Gasteiger partial charge in [-0.2, -0.15) is 4.98 Å². The molecule has 0 N–H and O–H groups in total. The molecular formula is C22H21FN6O3. The fourth-order valence-corrected chi connectivity index (χ4v) is 4.07. The molecular weight excluding hydrogens is 415 g/mol. The standard InChI is InChI=1S/C22H21FN6O3/c1-14-6-2-3-10-27(14)18(30)13-29-22(31)28-11-5-9-17(20(28)25-29)21-24-19(26-32-21)15-7-4-8-16(23)12-15/h4-5,7-9,11-12,14H,2-3,6,10,13H2,1H3. The number of pyridine rings is 1. The summed E-state index contributed by atoms with van der Waals surface area (Å²) in [5, 5.41) is 8.30. The summed E-state index contributed by atoms with van der Waals surface area (Å²) in [5.41, 5.74) is 0.782. The average Bonchev–Trinajstić information content (AvgIpc) is 3.40. The molecule has 1 fully saturated rings. The SMILES string of the molecule is CC1CCCCN1C(=O)Cn1nc2c(-c3nc(-c4cccc(F)c4)no3)cccn2c1=O. The maximum Gasteiger partial charge on any atom is 0.350 e. The molecule has 32 heavy (non-hydrogen) atoms. The van der Waals surface area contributed by atoms with Crippen molar-refractivity contribution in [3.8, 4) is 22.8 Å². The molecule has 0 aliphatic carbocycles. The van der Waals surface area contributed by atoms with Crippen LogP contribution in [0.25, 0.3) is 28.5 Å². The van der Waals surface area contributed by atoms with Gasteiger partial charge in [0.1, 0.15) is 12.4 Å². The molecule has 10 heteroatoms. The number of amides is 1. The van der Waals surface area contributed by atoms with Crippen LogP contribution in [0.3, 0.4) is 0 Å². The molecule has 9 nitrogen and oxygen atoms in total. The number of hydrogen-bond donors (Lipinski definition) is 0. The first-order chi connectivity index (χ1) is 15.5. The first-order valence-electron chi connectivity index (χ1n) is 10.5. The van der Waals surface area contributed by atoms with Gasteiger partial charge in [0.05, 0.1) is 5.56 Å². The normalized spacial score (nSPS) is 16.6. The van der Waals surface area contributed by atoms with Crippen molar-refractivity contribution in [1.82, 2.24) is 29.2 Å². The van der Waals surface area contributed by atoms with Crippen LogP contribution in [-0.2, 0) is 11.3 Å². The Labute approximate surface area is 182 Å². The molecule has 0 radical (unpaired) electrons. The Morgan fingerprint density at radius 2 is 2.12 bits per heavy atom. The summed E-state index contributed by atoms with van der Waals surface area (Å²) in [4.78, 5) is 31.8. The van der Waals surface area contributed by atoms with E-state index in [1.807, 2.05) is 11.8 Å². The molecule has 1 unspecified atom stereocenters. The Bertz CT molecular complexity index is 1360. The van der Waals surface area contributed by atoms with Crippen LogP contribution in [0.5, 0.6) is 0 Å². The lowest BCUT2D eigenvalue weighted by atomic mass is 10.0. The number of fused-ring (bicyclic) bond motifs is 1. The quantitative estimate of drug-likeness (QED) is 0.488. The minimum Gasteiger partial charge on any atom is -0.338 e. The van der Waals surface area contributed by atoms with Gasteiger partial charge in [0.2, 0.25) is 11.7 Å². The molecule has 164 valence electrons. The largest absolute Gasteiger partial charge is 0.350 e. The van der Waals surface area contributed by atoms with Crippen LogP contribution >= 0.6 is 0 Å². The van der Waals surface area contributed by atoms with Crippen molar-refractivity contribution in [2.45, 2.75) is 38.8 Å². The topological polar surface area (TPSA) is 98.5 Å². The highest BCUT2D eigenvalue weighted by molar-refractivity contribution is 5.77. The zero-order valence-electron chi connectivity index (χ0n) is 17.4. The van der Waals surface area contributed by atoms with E-state index in [2.05, 4.69) is 15.2 Å². The minimum atomic E-state index is -0.426. The molecule has 0 saturated carbocycles. The molecule has 1 aliphatic heterocycles. The second-order valence-electron chi connectivity index (χ2n) is 7.92. The predicted molar refractivity (Wildman–Crippen MR) is 113 cm³/mol. The molecule has 1 saturated heterocycles. The Morgan fingerprint density at radius 1 is 1.25 bits per heavy atom. The molecule has 3 aromatic heterocycles. The summed E-state index contributed by atoms with van der Waals surface area (Å²) < 4.78 is 21.4. The molecule has 0 spiro atoms. The third-order valence-electron chi connectivity index (χ3n) is 5.76. The highest BCUT2D eigenvalue weighted by atomic mass is 19.1. The number of carbonyl (C=O) groups excluding carboxylic acids is 1. The highest BCUT2D eigenvalue weighted by Gasteiger charge is 2.25. The van der Waals surface area contributed by atoms with Crippen LogP contribution in [0.15, 0.2) is 51.9 Å². The number of aromatic nitrogens is 5. The van der Waals surface area contributed by atoms with Gasteiger partial charge in [-0.25, -0.2) is 18.3 Å². The van der Waals surface area contributed by atoms with Gasteiger partial charge in [0, 0.05) is 24.3 Å². The summed E-state index contributed by atoms with van der Waals surface area (Å²) in [6.45, 7) is 2.58. The second kappa shape index (κ2) is 8.03. The van der Waals surface area contributed by atoms with E-state index in [0.717, 1.165) is 23.9 Å². The lowest BCUT2D eigenvalue weighted by Crippen LogP contribution is -2.44. The Kier molecular flexibility index (Phi) is 5.04. The number of carbonyl (C=O) groups is 1. The van der Waals surface area contributed by atoms with Gasteiger partial charge in [-0.1, -0.05) is 17.3 Å². The zero-order valence-corrected chi connectivity index (χ0v) is 17.4. The number of nitrogens with zero attached hydrogens (tertiary/aromatic N) is 6. The molecule has 1 aromatic carbocycles. The molecule has 1 amide bonds. The lowest BCUT2D eigenvalue weighted by Gasteiger charge is -2.33. The van der Waals surface area contributed by atoms with Crippen LogP contribution in [0.1, 0.15) is 26.2 Å². The number of piperidine rings is 1. The zero-order chi connectivity index (χ0) is 22.2. The van der Waals surface area contributed by atoms with E-state index in [0.29, 0.717) is 23.3 Å². The van der Waals surface area contributed by atoms with Crippen molar-refractivity contribution in [2.75, 3.05) is 6.54 Å². The maximum absolute atomic E-state index is 13.5. The first-order valence-corrected chi connectivity index (χ1v) is 10.5. The van der Waals surface area contributed by atoms with Crippen molar-refractivity contribution in [1.29, 1.82) is 0 Å². The van der Waals surface area contributed by atoms with Crippen molar-refractivity contribution in [2.24, 2.45) is 0 Å². The molecule has 0 bridgehead atoms. The molecule has 4 heterocycles. The van der Waals surface area contributed by atoms with Crippen LogP contribution in [0.2, 0.25) is 0 Å². The third-order valence-corrected chi connectivity index (χ3v) is 5.76. The molecule has 1 atom stereocenters. The van der Waals surface area contributed by atoms with E-state index in [1.54, 1.807) is 30.5 Å². The van der Waals surface area contributed by atoms with E-state index in [1.165, 1.54) is 16.5 Å². The minimum absolute atomic E-state index is 0.129. The van der Waals surface area contributed by atoms with Gasteiger partial charge < -0.3 is 9.42 Å². The number of benzene rings is 1. The number of rotatable bonds is 4. The molecule has 5 rings (SSSR count). The average molecular weight is 436 g/mol. The van der Waals surface area contributed by atoms with E-state index >= 15 is 0 Å². The number of likely N-dealkylation sites (tertiary alicyclic amines) is 1. The summed E-state index contributed by atoms with van der Waals surface area (Å²) in [5.74, 6) is -0.176. The monoisotopic (exact) mass is 436 g/mol. The van der Waals surface area contributed by atoms with Crippen LogP contribution in [0, 0.1) is 5.82 Å². The van der Waals surface area contributed by atoms with Crippen LogP contribution in [0.4, 0.5) is 4.39 Å². The highest BCUT2D eigenvalue weighted by Crippen LogP contribution is 2.25. The number of halogens is 1.